The van der Waals surface area contributed by atoms with E-state index in [2.05, 4.69) is 30.5 Å². The first-order valence-corrected chi connectivity index (χ1v) is 9.09. The van der Waals surface area contributed by atoms with E-state index in [1.807, 2.05) is 0 Å². The Morgan fingerprint density at radius 2 is 1.82 bits per heavy atom. The number of benzene rings is 1. The highest BCUT2D eigenvalue weighted by Crippen LogP contribution is 2.40. The highest BCUT2D eigenvalue weighted by Gasteiger charge is 2.30. The lowest BCUT2D eigenvalue weighted by atomic mass is 10.2. The lowest BCUT2D eigenvalue weighted by molar-refractivity contribution is -0.149. The van der Waals surface area contributed by atoms with Gasteiger partial charge >= 0.3 is 19.5 Å². The minimum Gasteiger partial charge on any atom is -0.469 e. The summed E-state index contributed by atoms with van der Waals surface area (Å²) >= 11 is 3.28. The van der Waals surface area contributed by atoms with Gasteiger partial charge in [-0.25, -0.2) is 5.09 Å². The van der Waals surface area contributed by atoms with Gasteiger partial charge in [-0.1, -0.05) is 15.9 Å². The lowest BCUT2D eigenvalue weighted by Gasteiger charge is -2.21. The van der Waals surface area contributed by atoms with E-state index in [9.17, 15) is 14.2 Å². The van der Waals surface area contributed by atoms with Gasteiger partial charge in [-0.15, -0.1) is 0 Å². The maximum absolute atomic E-state index is 12.5. The van der Waals surface area contributed by atoms with E-state index in [0.717, 1.165) is 4.47 Å². The topological polar surface area (TPSA) is 90.9 Å². The SMILES string of the molecule is COC(=O)C[C@H](NP(C)(=O)Oc1ccc(Br)cc1)C(=O)OC. The zero-order chi connectivity index (χ0) is 16.8. The van der Waals surface area contributed by atoms with Gasteiger partial charge in [-0.3, -0.25) is 14.2 Å². The molecule has 0 heterocycles. The molecule has 0 amide bonds. The van der Waals surface area contributed by atoms with Crippen molar-refractivity contribution in [2.24, 2.45) is 0 Å². The molecule has 9 heteroatoms. The molecule has 22 heavy (non-hydrogen) atoms. The Labute approximate surface area is 136 Å². The lowest BCUT2D eigenvalue weighted by Crippen LogP contribution is -2.38. The summed E-state index contributed by atoms with van der Waals surface area (Å²) < 4.78 is 27.7. The smallest absolute Gasteiger partial charge is 0.323 e. The standard InChI is InChI=1S/C13H17BrNO6P/c1-19-12(16)8-11(13(17)20-2)15-22(3,18)21-10-6-4-9(14)5-7-10/h4-7,11H,8H2,1-3H3,(H,15,18)/t11-,22?/m0/s1. The highest BCUT2D eigenvalue weighted by molar-refractivity contribution is 9.10. The van der Waals surface area contributed by atoms with Crippen molar-refractivity contribution in [1.82, 2.24) is 5.09 Å². The van der Waals surface area contributed by atoms with Crippen molar-refractivity contribution in [3.05, 3.63) is 28.7 Å². The van der Waals surface area contributed by atoms with E-state index in [-0.39, 0.29) is 6.42 Å². The van der Waals surface area contributed by atoms with Gasteiger partial charge < -0.3 is 14.0 Å². The molecular formula is C13H17BrNO6P. The summed E-state index contributed by atoms with van der Waals surface area (Å²) in [5.74, 6) is -0.998. The molecule has 0 spiro atoms. The third-order valence-electron chi connectivity index (χ3n) is 2.57. The molecular weight excluding hydrogens is 377 g/mol. The van der Waals surface area contributed by atoms with E-state index in [1.54, 1.807) is 24.3 Å². The number of rotatable bonds is 7. The summed E-state index contributed by atoms with van der Waals surface area (Å²) in [4.78, 5) is 23.0. The summed E-state index contributed by atoms with van der Waals surface area (Å²) in [5.41, 5.74) is 0. The first-order valence-electron chi connectivity index (χ1n) is 6.22. The predicted octanol–water partition coefficient (Wildman–Crippen LogP) is 2.35. The van der Waals surface area contributed by atoms with Gasteiger partial charge in [0.1, 0.15) is 11.8 Å². The Morgan fingerprint density at radius 3 is 2.32 bits per heavy atom. The van der Waals surface area contributed by atoms with Gasteiger partial charge in [0.2, 0.25) is 0 Å². The van der Waals surface area contributed by atoms with Crippen molar-refractivity contribution in [2.45, 2.75) is 12.5 Å². The molecule has 0 saturated carbocycles. The molecule has 1 aromatic carbocycles. The van der Waals surface area contributed by atoms with Gasteiger partial charge in [0.05, 0.1) is 20.6 Å². The predicted molar refractivity (Wildman–Crippen MR) is 83.9 cm³/mol. The van der Waals surface area contributed by atoms with Gasteiger partial charge in [0.25, 0.3) is 0 Å². The molecule has 0 aliphatic heterocycles. The zero-order valence-electron chi connectivity index (χ0n) is 12.4. The van der Waals surface area contributed by atoms with Crippen LogP contribution in [0.4, 0.5) is 0 Å². The largest absolute Gasteiger partial charge is 0.469 e. The Bertz CT molecular complexity index is 576. The van der Waals surface area contributed by atoms with Crippen molar-refractivity contribution in [2.75, 3.05) is 20.9 Å². The van der Waals surface area contributed by atoms with Crippen LogP contribution in [0.1, 0.15) is 6.42 Å². The molecule has 0 bridgehead atoms. The molecule has 1 aromatic rings. The first kappa shape index (κ1) is 18.7. The van der Waals surface area contributed by atoms with Crippen molar-refractivity contribution >= 4 is 35.4 Å². The van der Waals surface area contributed by atoms with Crippen LogP contribution in [-0.4, -0.2) is 38.9 Å². The summed E-state index contributed by atoms with van der Waals surface area (Å²) in [6.45, 7) is 1.31. The number of ether oxygens (including phenoxy) is 2. The summed E-state index contributed by atoms with van der Waals surface area (Å²) in [7, 11) is -1.03. The van der Waals surface area contributed by atoms with Crippen LogP contribution in [0.25, 0.3) is 0 Å². The van der Waals surface area contributed by atoms with Crippen molar-refractivity contribution in [3.63, 3.8) is 0 Å². The van der Waals surface area contributed by atoms with Gasteiger partial charge in [0.15, 0.2) is 0 Å². The molecule has 0 aliphatic carbocycles. The Hall–Kier alpha value is -1.37. The summed E-state index contributed by atoms with van der Waals surface area (Å²) in [6, 6.07) is 5.57. The molecule has 1 unspecified atom stereocenters. The molecule has 2 atom stereocenters. The second-order valence-electron chi connectivity index (χ2n) is 4.38. The zero-order valence-corrected chi connectivity index (χ0v) is 14.8. The van der Waals surface area contributed by atoms with E-state index in [0.29, 0.717) is 5.75 Å². The Kier molecular flexibility index (Phi) is 7.06. The van der Waals surface area contributed by atoms with Crippen LogP contribution < -0.4 is 9.61 Å². The summed E-state index contributed by atoms with van der Waals surface area (Å²) in [6.07, 6.45) is -0.315. The second kappa shape index (κ2) is 8.31. The molecule has 7 nitrogen and oxygen atoms in total. The minimum absolute atomic E-state index is 0.315. The van der Waals surface area contributed by atoms with Gasteiger partial charge in [0, 0.05) is 11.1 Å². The fourth-order valence-electron chi connectivity index (χ4n) is 1.58. The molecule has 0 radical (unpaired) electrons. The molecule has 0 fully saturated rings. The number of hydrogen-bond acceptors (Lipinski definition) is 6. The molecule has 0 aromatic heterocycles. The van der Waals surface area contributed by atoms with Crippen LogP contribution >= 0.6 is 23.4 Å². The number of esters is 2. The number of carbonyl (C=O) groups is 2. The normalized spacial score (nSPS) is 14.5. The fraction of sp³-hybridized carbons (Fsp3) is 0.385. The van der Waals surface area contributed by atoms with E-state index in [1.165, 1.54) is 20.9 Å². The molecule has 122 valence electrons. The minimum atomic E-state index is -3.39. The molecule has 0 aliphatic rings. The molecule has 1 rings (SSSR count). The van der Waals surface area contributed by atoms with E-state index < -0.39 is 25.5 Å². The van der Waals surface area contributed by atoms with E-state index in [4.69, 9.17) is 4.52 Å². The maximum atomic E-state index is 12.5. The average molecular weight is 394 g/mol. The maximum Gasteiger partial charge on any atom is 0.323 e. The fourth-order valence-corrected chi connectivity index (χ4v) is 3.18. The third-order valence-corrected chi connectivity index (χ3v) is 4.44. The van der Waals surface area contributed by atoms with Crippen molar-refractivity contribution in [1.29, 1.82) is 0 Å². The third kappa shape index (κ3) is 6.17. The Balaban J connectivity index is 2.80. The number of carbonyl (C=O) groups excluding carboxylic acids is 2. The van der Waals surface area contributed by atoms with Crippen LogP contribution in [0.5, 0.6) is 5.75 Å². The van der Waals surface area contributed by atoms with E-state index >= 15 is 0 Å². The van der Waals surface area contributed by atoms with Crippen LogP contribution in [-0.2, 0) is 23.6 Å². The first-order chi connectivity index (χ1) is 10.3. The average Bonchev–Trinajstić information content (AvgIpc) is 2.47. The van der Waals surface area contributed by atoms with Gasteiger partial charge in [-0.2, -0.15) is 0 Å². The highest BCUT2D eigenvalue weighted by atomic mass is 79.9. The number of nitrogens with one attached hydrogen (secondary N) is 1. The Morgan fingerprint density at radius 1 is 1.23 bits per heavy atom. The van der Waals surface area contributed by atoms with Gasteiger partial charge in [-0.05, 0) is 24.3 Å². The molecule has 1 N–H and O–H groups in total. The van der Waals surface area contributed by atoms with Crippen LogP contribution in [0.2, 0.25) is 0 Å². The number of halogens is 1. The monoisotopic (exact) mass is 393 g/mol. The number of hydrogen-bond donors (Lipinski definition) is 1. The van der Waals surface area contributed by atoms with Crippen LogP contribution in [0.3, 0.4) is 0 Å². The second-order valence-corrected chi connectivity index (χ2v) is 7.42. The van der Waals surface area contributed by atoms with Crippen LogP contribution in [0.15, 0.2) is 28.7 Å². The van der Waals surface area contributed by atoms with Crippen LogP contribution in [0, 0.1) is 0 Å². The molecule has 0 saturated heterocycles. The quantitative estimate of drug-likeness (QED) is 0.561. The number of methoxy groups -OCH3 is 2. The van der Waals surface area contributed by atoms with Crippen molar-refractivity contribution < 1.29 is 28.2 Å². The van der Waals surface area contributed by atoms with Crippen molar-refractivity contribution in [3.8, 4) is 5.75 Å². The summed E-state index contributed by atoms with van der Waals surface area (Å²) in [5, 5.41) is 2.52.